The van der Waals surface area contributed by atoms with Gasteiger partial charge in [0.1, 0.15) is 0 Å². The summed E-state index contributed by atoms with van der Waals surface area (Å²) in [4.78, 5) is 0. The van der Waals surface area contributed by atoms with Crippen LogP contribution in [-0.4, -0.2) is 9.13 Å². The van der Waals surface area contributed by atoms with Gasteiger partial charge in [0, 0.05) is 32.7 Å². The van der Waals surface area contributed by atoms with Gasteiger partial charge < -0.3 is 9.13 Å². The Kier molecular flexibility index (Phi) is 12.5. The minimum Gasteiger partial charge on any atom is -0.309 e. The Hall–Kier alpha value is -12.3. The van der Waals surface area contributed by atoms with Crippen LogP contribution in [0.4, 0.5) is 13.2 Å². The summed E-state index contributed by atoms with van der Waals surface area (Å²) in [6.45, 7) is 0. The second kappa shape index (κ2) is 20.4. The molecular weight excluding hydrogens is 1050 g/mol. The Morgan fingerprint density at radius 2 is 0.607 bits per heavy atom. The maximum absolute atomic E-state index is 15.3. The topological polar surface area (TPSA) is 153 Å². The van der Waals surface area contributed by atoms with Crippen LogP contribution in [0.1, 0.15) is 38.9 Å². The van der Waals surface area contributed by atoms with Crippen LogP contribution in [0.2, 0.25) is 0 Å². The average Bonchev–Trinajstić information content (AvgIpc) is 2.35. The molecule has 0 saturated heterocycles. The fourth-order valence-corrected chi connectivity index (χ4v) is 11.8. The number of hydrogen-bond acceptors (Lipinski definition) is 6. The van der Waals surface area contributed by atoms with E-state index in [9.17, 15) is 31.6 Å². The Labute approximate surface area is 479 Å². The Morgan fingerprint density at radius 3 is 0.976 bits per heavy atom. The highest BCUT2D eigenvalue weighted by Gasteiger charge is 2.35. The van der Waals surface area contributed by atoms with E-state index in [-0.39, 0.29) is 16.7 Å². The predicted molar refractivity (Wildman–Crippen MR) is 321 cm³/mol. The highest BCUT2D eigenvalue weighted by molar-refractivity contribution is 6.14. The Morgan fingerprint density at radius 1 is 0.274 bits per heavy atom. The van der Waals surface area contributed by atoms with E-state index < -0.39 is 11.7 Å². The van der Waals surface area contributed by atoms with Gasteiger partial charge in [0.2, 0.25) is 0 Å². The minimum absolute atomic E-state index is 0.152. The van der Waals surface area contributed by atoms with Crippen LogP contribution in [0.5, 0.6) is 0 Å². The van der Waals surface area contributed by atoms with Crippen molar-refractivity contribution in [2.75, 3.05) is 0 Å². The van der Waals surface area contributed by atoms with Crippen LogP contribution in [-0.2, 0) is 6.18 Å². The van der Waals surface area contributed by atoms with Crippen LogP contribution in [0.3, 0.4) is 0 Å². The second-order valence-electron chi connectivity index (χ2n) is 20.2. The molecule has 0 saturated carbocycles. The van der Waals surface area contributed by atoms with Gasteiger partial charge in [-0.25, -0.2) is 0 Å². The maximum atomic E-state index is 15.3. The van der Waals surface area contributed by atoms with Crippen molar-refractivity contribution in [1.82, 2.24) is 9.13 Å². The second-order valence-corrected chi connectivity index (χ2v) is 20.2. The number of benzene rings is 11. The molecule has 13 aromatic rings. The smallest absolute Gasteiger partial charge is 0.309 e. The van der Waals surface area contributed by atoms with Gasteiger partial charge in [-0.3, -0.25) is 0 Å². The summed E-state index contributed by atoms with van der Waals surface area (Å²) in [5.41, 5.74) is 12.1. The third kappa shape index (κ3) is 8.52. The van der Waals surface area contributed by atoms with E-state index in [1.807, 2.05) is 162 Å². The van der Waals surface area contributed by atoms with Crippen molar-refractivity contribution in [3.8, 4) is 115 Å². The lowest BCUT2D eigenvalue weighted by Crippen LogP contribution is -2.08. The number of rotatable bonds is 8. The highest BCUT2D eigenvalue weighted by Crippen LogP contribution is 2.47. The summed E-state index contributed by atoms with van der Waals surface area (Å²) < 4.78 is 50.0. The van der Waals surface area contributed by atoms with E-state index in [0.29, 0.717) is 61.4 Å². The molecule has 84 heavy (non-hydrogen) atoms. The van der Waals surface area contributed by atoms with E-state index in [0.717, 1.165) is 83.2 Å². The zero-order valence-electron chi connectivity index (χ0n) is 44.1. The third-order valence-electron chi connectivity index (χ3n) is 15.6. The van der Waals surface area contributed by atoms with E-state index in [4.69, 9.17) is 0 Å². The number of nitriles is 6. The molecule has 0 unspecified atom stereocenters. The van der Waals surface area contributed by atoms with Crippen LogP contribution in [0, 0.1) is 68.0 Å². The molecule has 0 N–H and O–H groups in total. The molecule has 0 atom stereocenters. The van der Waals surface area contributed by atoms with Gasteiger partial charge in [-0.15, -0.1) is 0 Å². The molecule has 0 fully saturated rings. The summed E-state index contributed by atoms with van der Waals surface area (Å²) in [5, 5.41) is 64.8. The van der Waals surface area contributed by atoms with Crippen molar-refractivity contribution in [3.05, 3.63) is 263 Å². The van der Waals surface area contributed by atoms with E-state index in [1.54, 1.807) is 54.6 Å². The quantitative estimate of drug-likeness (QED) is 0.148. The standard InChI is InChI=1S/C73H37F3N8/c74-73(75,76)66-31-44(38-77)17-24-59(66)50-23-30-67(83-68-26-19-46(55-13-5-1-9-51(55)40-79)33-62(68)63-34-47(20-27-69(63)83)56-14-6-2-10-52(56)41-80)61(37-50)60-25-18-45(39-78)32-72(60)84-70-28-21-48(57-15-7-3-11-53(57)42-81)35-64(70)65-36-49(22-29-71(65)84)58-16-8-4-12-54(58)43-82/h1-37H. The number of nitrogens with zero attached hydrogens (tertiary/aromatic N) is 8. The van der Waals surface area contributed by atoms with Crippen LogP contribution >= 0.6 is 0 Å². The number of alkyl halides is 3. The van der Waals surface area contributed by atoms with E-state index in [2.05, 4.69) is 34.9 Å². The fourth-order valence-electron chi connectivity index (χ4n) is 11.8. The van der Waals surface area contributed by atoms with Gasteiger partial charge in [-0.2, -0.15) is 44.7 Å². The molecule has 0 spiro atoms. The first-order chi connectivity index (χ1) is 41.0. The molecule has 2 aromatic heterocycles. The van der Waals surface area contributed by atoms with Gasteiger partial charge in [-0.05, 0) is 165 Å². The first kappa shape index (κ1) is 51.2. The van der Waals surface area contributed by atoms with Crippen molar-refractivity contribution >= 4 is 43.6 Å². The lowest BCUT2D eigenvalue weighted by molar-refractivity contribution is -0.137. The monoisotopic (exact) mass is 1080 g/mol. The van der Waals surface area contributed by atoms with Gasteiger partial charge in [0.05, 0.1) is 109 Å². The van der Waals surface area contributed by atoms with Crippen LogP contribution < -0.4 is 0 Å². The number of aromatic nitrogens is 2. The molecule has 11 heteroatoms. The van der Waals surface area contributed by atoms with Crippen molar-refractivity contribution in [1.29, 1.82) is 31.6 Å². The first-order valence-corrected chi connectivity index (χ1v) is 26.5. The zero-order valence-corrected chi connectivity index (χ0v) is 44.1. The molecule has 11 aromatic carbocycles. The molecule has 13 rings (SSSR count). The van der Waals surface area contributed by atoms with Crippen molar-refractivity contribution in [2.45, 2.75) is 6.18 Å². The number of fused-ring (bicyclic) bond motifs is 6. The number of hydrogen-bond donors (Lipinski definition) is 0. The molecule has 0 amide bonds. The summed E-state index contributed by atoms with van der Waals surface area (Å²) in [6, 6.07) is 80.6. The molecule has 390 valence electrons. The van der Waals surface area contributed by atoms with Gasteiger partial charge >= 0.3 is 6.18 Å². The number of halogens is 3. The van der Waals surface area contributed by atoms with Crippen LogP contribution in [0.15, 0.2) is 224 Å². The molecule has 0 aliphatic rings. The molecule has 0 aliphatic heterocycles. The van der Waals surface area contributed by atoms with Crippen LogP contribution in [0.25, 0.3) is 122 Å². The Bertz CT molecular complexity index is 5000. The normalized spacial score (nSPS) is 11.2. The van der Waals surface area contributed by atoms with Crippen molar-refractivity contribution in [2.24, 2.45) is 0 Å². The molecule has 0 aliphatic carbocycles. The lowest BCUT2D eigenvalue weighted by Gasteiger charge is -2.21. The summed E-state index contributed by atoms with van der Waals surface area (Å²) in [7, 11) is 0. The summed E-state index contributed by atoms with van der Waals surface area (Å²) in [6.07, 6.45) is -4.85. The molecule has 0 radical (unpaired) electrons. The molecule has 8 nitrogen and oxygen atoms in total. The summed E-state index contributed by atoms with van der Waals surface area (Å²) in [5.74, 6) is 0. The van der Waals surface area contributed by atoms with E-state index >= 15 is 13.2 Å². The minimum atomic E-state index is -4.85. The maximum Gasteiger partial charge on any atom is 0.417 e. The third-order valence-corrected chi connectivity index (χ3v) is 15.6. The van der Waals surface area contributed by atoms with Gasteiger partial charge in [0.25, 0.3) is 0 Å². The molecule has 2 heterocycles. The lowest BCUT2D eigenvalue weighted by atomic mass is 9.92. The molecule has 0 bridgehead atoms. The predicted octanol–water partition coefficient (Wildman–Crippen LogP) is 18.1. The van der Waals surface area contributed by atoms with E-state index in [1.165, 1.54) is 12.1 Å². The van der Waals surface area contributed by atoms with Gasteiger partial charge in [-0.1, -0.05) is 115 Å². The first-order valence-electron chi connectivity index (χ1n) is 26.5. The SMILES string of the molecule is N#Cc1ccc(-c2cc(-c3ccc(C#N)cc3C(F)(F)F)ccc2-n2c3ccc(-c4ccccc4C#N)cc3c3cc(-c4ccccc4C#N)ccc32)c(-n2c3ccc(-c4ccccc4C#N)cc3c3cc(-c4ccccc4C#N)ccc32)c1. The average molecular weight is 1080 g/mol. The zero-order chi connectivity index (χ0) is 57.8. The van der Waals surface area contributed by atoms with Crippen molar-refractivity contribution < 1.29 is 13.2 Å². The van der Waals surface area contributed by atoms with Gasteiger partial charge in [0.15, 0.2) is 0 Å². The van der Waals surface area contributed by atoms with Crippen molar-refractivity contribution in [3.63, 3.8) is 0 Å². The Balaban J connectivity index is 1.15. The summed E-state index contributed by atoms with van der Waals surface area (Å²) >= 11 is 0. The molecular formula is C73H37F3N8. The fraction of sp³-hybridized carbons (Fsp3) is 0.0137. The largest absolute Gasteiger partial charge is 0.417 e. The highest BCUT2D eigenvalue weighted by atomic mass is 19.4.